The quantitative estimate of drug-likeness (QED) is 0.549. The maximum absolute atomic E-state index is 12.7. The van der Waals surface area contributed by atoms with E-state index in [4.69, 9.17) is 4.74 Å². The van der Waals surface area contributed by atoms with Crippen LogP contribution in [0.4, 0.5) is 5.69 Å². The summed E-state index contributed by atoms with van der Waals surface area (Å²) in [6, 6.07) is 18.9. The highest BCUT2D eigenvalue weighted by Gasteiger charge is 2.13. The van der Waals surface area contributed by atoms with Crippen LogP contribution in [0.2, 0.25) is 0 Å². The van der Waals surface area contributed by atoms with E-state index in [1.165, 1.54) is 0 Å². The van der Waals surface area contributed by atoms with Crippen molar-refractivity contribution in [2.45, 2.75) is 20.5 Å². The maximum atomic E-state index is 12.7. The number of nitrogens with zero attached hydrogens (tertiary/aromatic N) is 2. The van der Waals surface area contributed by atoms with Crippen LogP contribution in [-0.2, 0) is 6.61 Å². The third-order valence-corrected chi connectivity index (χ3v) is 4.54. The van der Waals surface area contributed by atoms with Crippen LogP contribution >= 0.6 is 0 Å². The molecule has 5 nitrogen and oxygen atoms in total. The van der Waals surface area contributed by atoms with E-state index in [0.29, 0.717) is 11.3 Å². The number of ether oxygens (including phenoxy) is 1. The molecular weight excluding hydrogens is 350 g/mol. The lowest BCUT2D eigenvalue weighted by Crippen LogP contribution is -2.13. The number of fused-ring (bicyclic) bond motifs is 1. The Labute approximate surface area is 163 Å². The largest absolute Gasteiger partial charge is 0.486 e. The van der Waals surface area contributed by atoms with E-state index >= 15 is 0 Å². The minimum absolute atomic E-state index is 0.203. The lowest BCUT2D eigenvalue weighted by atomic mass is 10.1. The van der Waals surface area contributed by atoms with Gasteiger partial charge in [0.2, 0.25) is 0 Å². The lowest BCUT2D eigenvalue weighted by molar-refractivity contribution is 0.102. The zero-order valence-electron chi connectivity index (χ0n) is 15.8. The van der Waals surface area contributed by atoms with Crippen LogP contribution in [0.15, 0.2) is 73.1 Å². The van der Waals surface area contributed by atoms with Gasteiger partial charge in [0, 0.05) is 18.1 Å². The summed E-state index contributed by atoms with van der Waals surface area (Å²) >= 11 is 0. The zero-order valence-corrected chi connectivity index (χ0v) is 15.8. The van der Waals surface area contributed by atoms with Gasteiger partial charge in [0.05, 0.1) is 11.3 Å². The zero-order chi connectivity index (χ0) is 19.5. The Morgan fingerprint density at radius 3 is 2.61 bits per heavy atom. The van der Waals surface area contributed by atoms with Crippen molar-refractivity contribution in [1.29, 1.82) is 0 Å². The fraction of sp³-hybridized carbons (Fsp3) is 0.130. The molecule has 4 rings (SSSR count). The van der Waals surface area contributed by atoms with Crippen molar-refractivity contribution in [3.05, 3.63) is 95.4 Å². The summed E-state index contributed by atoms with van der Waals surface area (Å²) in [6.07, 6.45) is 3.90. The number of anilines is 1. The molecule has 0 aliphatic carbocycles. The van der Waals surface area contributed by atoms with Crippen molar-refractivity contribution >= 4 is 17.2 Å². The monoisotopic (exact) mass is 371 g/mol. The summed E-state index contributed by atoms with van der Waals surface area (Å²) in [5, 5.41) is 2.91. The maximum Gasteiger partial charge on any atom is 0.259 e. The number of para-hydroxylation sites is 1. The number of carbonyl (C=O) groups is 1. The number of carbonyl (C=O) groups excluding carboxylic acids is 1. The predicted molar refractivity (Wildman–Crippen MR) is 110 cm³/mol. The molecule has 2 heterocycles. The van der Waals surface area contributed by atoms with E-state index in [0.717, 1.165) is 28.2 Å². The molecule has 0 saturated heterocycles. The van der Waals surface area contributed by atoms with Gasteiger partial charge in [0.1, 0.15) is 18.0 Å². The number of hydrogen-bond donors (Lipinski definition) is 1. The SMILES string of the molecule is Cc1ccc(NC(=O)c2ccccc2OCc2cn3cccc(C)c3n2)cc1. The molecule has 2 aromatic heterocycles. The van der Waals surface area contributed by atoms with Gasteiger partial charge >= 0.3 is 0 Å². The van der Waals surface area contributed by atoms with Crippen LogP contribution in [0.25, 0.3) is 5.65 Å². The molecule has 0 unspecified atom stereocenters. The van der Waals surface area contributed by atoms with Gasteiger partial charge in [0.15, 0.2) is 0 Å². The highest BCUT2D eigenvalue weighted by molar-refractivity contribution is 6.06. The highest BCUT2D eigenvalue weighted by Crippen LogP contribution is 2.21. The molecule has 1 amide bonds. The number of benzene rings is 2. The third kappa shape index (κ3) is 3.74. The molecule has 0 radical (unpaired) electrons. The Hall–Kier alpha value is -3.60. The lowest BCUT2D eigenvalue weighted by Gasteiger charge is -2.11. The molecule has 0 spiro atoms. The topological polar surface area (TPSA) is 55.6 Å². The molecule has 4 aromatic rings. The fourth-order valence-corrected chi connectivity index (χ4v) is 3.04. The Balaban J connectivity index is 1.51. The molecular formula is C23H21N3O2. The second-order valence-electron chi connectivity index (χ2n) is 6.76. The Morgan fingerprint density at radius 2 is 1.82 bits per heavy atom. The molecule has 140 valence electrons. The number of nitrogens with one attached hydrogen (secondary N) is 1. The first kappa shape index (κ1) is 17.8. The number of rotatable bonds is 5. The van der Waals surface area contributed by atoms with Gasteiger partial charge in [0.25, 0.3) is 5.91 Å². The van der Waals surface area contributed by atoms with Crippen molar-refractivity contribution < 1.29 is 9.53 Å². The first-order chi connectivity index (χ1) is 13.6. The molecule has 0 atom stereocenters. The number of amides is 1. The second-order valence-corrected chi connectivity index (χ2v) is 6.76. The van der Waals surface area contributed by atoms with Gasteiger partial charge in [-0.25, -0.2) is 4.98 Å². The summed E-state index contributed by atoms with van der Waals surface area (Å²) < 4.78 is 7.91. The summed E-state index contributed by atoms with van der Waals surface area (Å²) in [4.78, 5) is 17.3. The molecule has 5 heteroatoms. The average Bonchev–Trinajstić information content (AvgIpc) is 3.13. The molecule has 0 fully saturated rings. The number of aryl methyl sites for hydroxylation is 2. The van der Waals surface area contributed by atoms with Crippen LogP contribution < -0.4 is 10.1 Å². The van der Waals surface area contributed by atoms with Gasteiger partial charge < -0.3 is 14.5 Å². The minimum Gasteiger partial charge on any atom is -0.486 e. The Kier molecular flexibility index (Phi) is 4.81. The van der Waals surface area contributed by atoms with Crippen molar-refractivity contribution in [3.8, 4) is 5.75 Å². The van der Waals surface area contributed by atoms with E-state index < -0.39 is 0 Å². The van der Waals surface area contributed by atoms with Crippen LogP contribution in [0.3, 0.4) is 0 Å². The van der Waals surface area contributed by atoms with Crippen molar-refractivity contribution in [1.82, 2.24) is 9.38 Å². The van der Waals surface area contributed by atoms with E-state index in [9.17, 15) is 4.79 Å². The van der Waals surface area contributed by atoms with Crippen LogP contribution in [0, 0.1) is 13.8 Å². The number of imidazole rings is 1. The fourth-order valence-electron chi connectivity index (χ4n) is 3.04. The molecule has 0 aliphatic heterocycles. The number of hydrogen-bond acceptors (Lipinski definition) is 3. The first-order valence-corrected chi connectivity index (χ1v) is 9.13. The van der Waals surface area contributed by atoms with Gasteiger partial charge in [-0.2, -0.15) is 0 Å². The smallest absolute Gasteiger partial charge is 0.259 e. The van der Waals surface area contributed by atoms with E-state index in [2.05, 4.69) is 10.3 Å². The molecule has 0 aliphatic rings. The number of pyridine rings is 1. The second kappa shape index (κ2) is 7.56. The molecule has 28 heavy (non-hydrogen) atoms. The first-order valence-electron chi connectivity index (χ1n) is 9.13. The van der Waals surface area contributed by atoms with Gasteiger partial charge in [-0.3, -0.25) is 4.79 Å². The van der Waals surface area contributed by atoms with Crippen molar-refractivity contribution in [2.24, 2.45) is 0 Å². The standard InChI is InChI=1S/C23H21N3O2/c1-16-9-11-18(12-10-16)25-23(27)20-7-3-4-8-21(20)28-15-19-14-26-13-5-6-17(2)22(26)24-19/h3-14H,15H2,1-2H3,(H,25,27). The summed E-state index contributed by atoms with van der Waals surface area (Å²) in [7, 11) is 0. The third-order valence-electron chi connectivity index (χ3n) is 4.54. The molecule has 0 bridgehead atoms. The van der Waals surface area contributed by atoms with E-state index in [1.807, 2.05) is 79.2 Å². The van der Waals surface area contributed by atoms with Gasteiger partial charge in [-0.15, -0.1) is 0 Å². The highest BCUT2D eigenvalue weighted by atomic mass is 16.5. The van der Waals surface area contributed by atoms with Crippen molar-refractivity contribution in [3.63, 3.8) is 0 Å². The summed E-state index contributed by atoms with van der Waals surface area (Å²) in [5.74, 6) is 0.325. The average molecular weight is 371 g/mol. The van der Waals surface area contributed by atoms with Gasteiger partial charge in [-0.05, 0) is 49.7 Å². The van der Waals surface area contributed by atoms with Crippen molar-refractivity contribution in [2.75, 3.05) is 5.32 Å². The minimum atomic E-state index is -0.203. The number of aromatic nitrogens is 2. The summed E-state index contributed by atoms with van der Waals surface area (Å²) in [5.41, 5.74) is 5.20. The Morgan fingerprint density at radius 1 is 1.04 bits per heavy atom. The Bertz CT molecular complexity index is 1130. The normalized spacial score (nSPS) is 10.8. The molecule has 1 N–H and O–H groups in total. The predicted octanol–water partition coefficient (Wildman–Crippen LogP) is 4.78. The van der Waals surface area contributed by atoms with Crippen LogP contribution in [0.1, 0.15) is 27.2 Å². The van der Waals surface area contributed by atoms with Crippen LogP contribution in [-0.4, -0.2) is 15.3 Å². The van der Waals surface area contributed by atoms with E-state index in [-0.39, 0.29) is 12.5 Å². The summed E-state index contributed by atoms with van der Waals surface area (Å²) in [6.45, 7) is 4.32. The molecule has 0 saturated carbocycles. The van der Waals surface area contributed by atoms with Gasteiger partial charge in [-0.1, -0.05) is 35.9 Å². The molecule has 2 aromatic carbocycles. The van der Waals surface area contributed by atoms with Crippen LogP contribution in [0.5, 0.6) is 5.75 Å². The van der Waals surface area contributed by atoms with E-state index in [1.54, 1.807) is 12.1 Å².